The van der Waals surface area contributed by atoms with Crippen LogP contribution in [0, 0.1) is 0 Å². The minimum atomic E-state index is 0.326. The van der Waals surface area contributed by atoms with Crippen LogP contribution in [0.25, 0.3) is 0 Å². The second kappa shape index (κ2) is 5.26. The van der Waals surface area contributed by atoms with Crippen LogP contribution in [0.1, 0.15) is 24.3 Å². The lowest BCUT2D eigenvalue weighted by atomic mass is 9.76. The first kappa shape index (κ1) is 13.0. The minimum absolute atomic E-state index is 0.326. The van der Waals surface area contributed by atoms with E-state index in [9.17, 15) is 0 Å². The summed E-state index contributed by atoms with van der Waals surface area (Å²) < 4.78 is 12.0. The fourth-order valence-corrected chi connectivity index (χ4v) is 3.63. The van der Waals surface area contributed by atoms with Gasteiger partial charge in [-0.15, -0.1) is 0 Å². The van der Waals surface area contributed by atoms with Gasteiger partial charge in [0, 0.05) is 22.3 Å². The van der Waals surface area contributed by atoms with Gasteiger partial charge in [-0.05, 0) is 42.5 Å². The molecule has 0 atom stereocenters. The normalized spacial score (nSPS) is 22.7. The summed E-state index contributed by atoms with van der Waals surface area (Å²) in [6.07, 6.45) is 2.33. The Labute approximate surface area is 132 Å². The second-order valence-electron chi connectivity index (χ2n) is 5.60. The van der Waals surface area contributed by atoms with Gasteiger partial charge < -0.3 is 14.8 Å². The molecule has 1 heterocycles. The number of fused-ring (bicyclic) bond motifs is 1. The molecule has 4 rings (SSSR count). The molecule has 1 fully saturated rings. The average Bonchev–Trinajstić information content (AvgIpc) is 2.91. The van der Waals surface area contributed by atoms with Crippen molar-refractivity contribution in [1.29, 1.82) is 0 Å². The first-order valence-electron chi connectivity index (χ1n) is 7.20. The molecular weight excluding hydrogens is 330 g/mol. The molecule has 0 bridgehead atoms. The van der Waals surface area contributed by atoms with Crippen LogP contribution < -0.4 is 14.8 Å². The third-order valence-corrected chi connectivity index (χ3v) is 4.95. The number of hydrogen-bond acceptors (Lipinski definition) is 3. The number of nitrogens with one attached hydrogen (secondary N) is 1. The fourth-order valence-electron chi connectivity index (χ4n) is 3.02. The average molecular weight is 346 g/mol. The summed E-state index contributed by atoms with van der Waals surface area (Å²) >= 11 is 3.64. The molecule has 0 saturated heterocycles. The topological polar surface area (TPSA) is 30.5 Å². The molecule has 0 aromatic heterocycles. The van der Waals surface area contributed by atoms with Crippen molar-refractivity contribution in [1.82, 2.24) is 0 Å². The van der Waals surface area contributed by atoms with Crippen molar-refractivity contribution >= 4 is 21.6 Å². The molecule has 4 heteroatoms. The molecule has 1 aliphatic carbocycles. The third kappa shape index (κ3) is 2.48. The van der Waals surface area contributed by atoms with Gasteiger partial charge in [0.15, 0.2) is 11.5 Å². The molecule has 1 aliphatic heterocycles. The van der Waals surface area contributed by atoms with Crippen LogP contribution in [0.15, 0.2) is 46.9 Å². The van der Waals surface area contributed by atoms with Crippen LogP contribution in [0.5, 0.6) is 11.5 Å². The largest absolute Gasteiger partial charge is 0.454 e. The van der Waals surface area contributed by atoms with Crippen molar-refractivity contribution in [2.75, 3.05) is 12.1 Å². The van der Waals surface area contributed by atoms with Crippen molar-refractivity contribution in [3.05, 3.63) is 52.5 Å². The summed E-state index contributed by atoms with van der Waals surface area (Å²) in [5.74, 6) is 2.31. The van der Waals surface area contributed by atoms with E-state index < -0.39 is 0 Å². The zero-order valence-corrected chi connectivity index (χ0v) is 13.1. The molecule has 1 N–H and O–H groups in total. The van der Waals surface area contributed by atoms with Gasteiger partial charge in [0.05, 0.1) is 0 Å². The smallest absolute Gasteiger partial charge is 0.231 e. The Hall–Kier alpha value is -1.68. The van der Waals surface area contributed by atoms with Crippen LogP contribution >= 0.6 is 15.9 Å². The third-order valence-electron chi connectivity index (χ3n) is 4.23. The first-order chi connectivity index (χ1) is 10.3. The van der Waals surface area contributed by atoms with E-state index in [0.717, 1.165) is 30.0 Å². The first-order valence-corrected chi connectivity index (χ1v) is 7.99. The molecule has 21 heavy (non-hydrogen) atoms. The highest BCUT2D eigenvalue weighted by atomic mass is 79.9. The van der Waals surface area contributed by atoms with Crippen LogP contribution in [-0.2, 0) is 0 Å². The maximum absolute atomic E-state index is 5.41. The lowest BCUT2D eigenvalue weighted by Crippen LogP contribution is -2.34. The Bertz CT molecular complexity index is 668. The Morgan fingerprint density at radius 1 is 1.00 bits per heavy atom. The Balaban J connectivity index is 1.39. The number of rotatable bonds is 3. The maximum atomic E-state index is 5.41. The highest BCUT2D eigenvalue weighted by molar-refractivity contribution is 9.10. The van der Waals surface area contributed by atoms with Crippen molar-refractivity contribution in [3.8, 4) is 11.5 Å². The monoisotopic (exact) mass is 345 g/mol. The summed E-state index contributed by atoms with van der Waals surface area (Å²) in [5, 5.41) is 3.58. The molecular formula is C17H16BrNO2. The summed E-state index contributed by atoms with van der Waals surface area (Å²) in [6, 6.07) is 15.1. The van der Waals surface area contributed by atoms with E-state index in [1.807, 2.05) is 12.1 Å². The molecule has 108 valence electrons. The van der Waals surface area contributed by atoms with Gasteiger partial charge in [-0.3, -0.25) is 0 Å². The summed E-state index contributed by atoms with van der Waals surface area (Å²) in [4.78, 5) is 0. The van der Waals surface area contributed by atoms with Gasteiger partial charge in [-0.25, -0.2) is 0 Å². The zero-order valence-electron chi connectivity index (χ0n) is 11.5. The SMILES string of the molecule is Brc1ccccc1C1CC(Nc2ccc3c(c2)OCO3)C1. The molecule has 0 unspecified atom stereocenters. The molecule has 3 nitrogen and oxygen atoms in total. The highest BCUT2D eigenvalue weighted by Gasteiger charge is 2.31. The van der Waals surface area contributed by atoms with Crippen LogP contribution in [0.3, 0.4) is 0 Å². The number of halogens is 1. The van der Waals surface area contributed by atoms with E-state index in [1.54, 1.807) is 0 Å². The summed E-state index contributed by atoms with van der Waals surface area (Å²) in [6.45, 7) is 0.326. The van der Waals surface area contributed by atoms with Gasteiger partial charge in [0.1, 0.15) is 0 Å². The Morgan fingerprint density at radius 3 is 2.67 bits per heavy atom. The van der Waals surface area contributed by atoms with Crippen LogP contribution in [-0.4, -0.2) is 12.8 Å². The van der Waals surface area contributed by atoms with E-state index in [2.05, 4.69) is 51.6 Å². The predicted molar refractivity (Wildman–Crippen MR) is 86.1 cm³/mol. The van der Waals surface area contributed by atoms with Gasteiger partial charge in [0.2, 0.25) is 6.79 Å². The standard InChI is InChI=1S/C17H16BrNO2/c18-15-4-2-1-3-14(15)11-7-13(8-11)19-12-5-6-16-17(9-12)21-10-20-16/h1-6,9,11,13,19H,7-8,10H2. The summed E-state index contributed by atoms with van der Waals surface area (Å²) in [7, 11) is 0. The van der Waals surface area contributed by atoms with Gasteiger partial charge in [0.25, 0.3) is 0 Å². The molecule has 0 spiro atoms. The quantitative estimate of drug-likeness (QED) is 0.885. The van der Waals surface area contributed by atoms with E-state index in [1.165, 1.54) is 10.0 Å². The lowest BCUT2D eigenvalue weighted by Gasteiger charge is -2.37. The maximum Gasteiger partial charge on any atom is 0.231 e. The molecule has 2 aromatic rings. The number of hydrogen-bond donors (Lipinski definition) is 1. The van der Waals surface area contributed by atoms with Crippen molar-refractivity contribution in [2.24, 2.45) is 0 Å². The van der Waals surface area contributed by atoms with Crippen LogP contribution in [0.2, 0.25) is 0 Å². The predicted octanol–water partition coefficient (Wildman–Crippen LogP) is 4.54. The fraction of sp³-hybridized carbons (Fsp3) is 0.294. The Morgan fingerprint density at radius 2 is 1.81 bits per heavy atom. The zero-order chi connectivity index (χ0) is 14.2. The number of anilines is 1. The molecule has 0 radical (unpaired) electrons. The second-order valence-corrected chi connectivity index (χ2v) is 6.45. The number of ether oxygens (including phenoxy) is 2. The van der Waals surface area contributed by atoms with E-state index in [0.29, 0.717) is 18.8 Å². The van der Waals surface area contributed by atoms with Crippen molar-refractivity contribution in [3.63, 3.8) is 0 Å². The van der Waals surface area contributed by atoms with Gasteiger partial charge >= 0.3 is 0 Å². The van der Waals surface area contributed by atoms with Gasteiger partial charge in [-0.1, -0.05) is 34.1 Å². The van der Waals surface area contributed by atoms with E-state index >= 15 is 0 Å². The van der Waals surface area contributed by atoms with Crippen molar-refractivity contribution < 1.29 is 9.47 Å². The Kier molecular flexibility index (Phi) is 3.26. The van der Waals surface area contributed by atoms with Gasteiger partial charge in [-0.2, -0.15) is 0 Å². The molecule has 2 aliphatic rings. The van der Waals surface area contributed by atoms with Crippen molar-refractivity contribution in [2.45, 2.75) is 24.8 Å². The number of benzene rings is 2. The highest BCUT2D eigenvalue weighted by Crippen LogP contribution is 2.42. The lowest BCUT2D eigenvalue weighted by molar-refractivity contribution is 0.174. The van der Waals surface area contributed by atoms with E-state index in [-0.39, 0.29) is 0 Å². The summed E-state index contributed by atoms with van der Waals surface area (Å²) in [5.41, 5.74) is 2.52. The molecule has 1 saturated carbocycles. The van der Waals surface area contributed by atoms with Crippen LogP contribution in [0.4, 0.5) is 5.69 Å². The molecule has 2 aromatic carbocycles. The molecule has 0 amide bonds. The minimum Gasteiger partial charge on any atom is -0.454 e. The van der Waals surface area contributed by atoms with E-state index in [4.69, 9.17) is 9.47 Å².